The summed E-state index contributed by atoms with van der Waals surface area (Å²) in [5.74, 6) is 0. The molecule has 0 bridgehead atoms. The third-order valence-electron chi connectivity index (χ3n) is 12.0. The first kappa shape index (κ1) is 33.3. The summed E-state index contributed by atoms with van der Waals surface area (Å²) >= 11 is 0. The van der Waals surface area contributed by atoms with E-state index in [1.54, 1.807) is 0 Å². The van der Waals surface area contributed by atoms with Gasteiger partial charge >= 0.3 is 0 Å². The van der Waals surface area contributed by atoms with E-state index in [1.165, 1.54) is 43.5 Å². The maximum atomic E-state index is 6.74. The largest absolute Gasteiger partial charge is 0.455 e. The third kappa shape index (κ3) is 5.36. The van der Waals surface area contributed by atoms with Crippen molar-refractivity contribution < 1.29 is 4.42 Å². The lowest BCUT2D eigenvalue weighted by Gasteiger charge is -2.28. The third-order valence-corrected chi connectivity index (χ3v) is 12.0. The maximum absolute atomic E-state index is 6.74. The molecule has 0 aliphatic rings. The van der Waals surface area contributed by atoms with Crippen LogP contribution in [0.5, 0.6) is 0 Å². The minimum absolute atomic E-state index is 0.861. The van der Waals surface area contributed by atoms with Crippen LogP contribution < -0.4 is 4.90 Å². The molecule has 0 saturated carbocycles. The highest BCUT2D eigenvalue weighted by molar-refractivity contribution is 6.15. The summed E-state index contributed by atoms with van der Waals surface area (Å²) in [4.78, 5) is 2.38. The monoisotopic (exact) mass is 752 g/mol. The van der Waals surface area contributed by atoms with Crippen molar-refractivity contribution in [2.24, 2.45) is 0 Å². The van der Waals surface area contributed by atoms with Gasteiger partial charge in [-0.15, -0.1) is 0 Å². The SMILES string of the molecule is c1cc(-c2ccc(N(c3ccc4c(c3)oc3c5ccccc5ccc43)c3ccccc3-c3cccc4ccccc34)cc2)cc(-n2c3ccccc3c3ccccc32)c1. The number of benzene rings is 10. The van der Waals surface area contributed by atoms with Crippen LogP contribution in [0, 0.1) is 0 Å². The minimum atomic E-state index is 0.861. The molecule has 0 aliphatic heterocycles. The molecule has 59 heavy (non-hydrogen) atoms. The van der Waals surface area contributed by atoms with Gasteiger partial charge in [-0.3, -0.25) is 0 Å². The fourth-order valence-corrected chi connectivity index (χ4v) is 9.24. The number of rotatable bonds is 6. The maximum Gasteiger partial charge on any atom is 0.143 e. The molecule has 12 rings (SSSR count). The summed E-state index contributed by atoms with van der Waals surface area (Å²) in [6.07, 6.45) is 0. The predicted molar refractivity (Wildman–Crippen MR) is 249 cm³/mol. The number of anilines is 3. The van der Waals surface area contributed by atoms with Crippen molar-refractivity contribution in [1.82, 2.24) is 4.57 Å². The summed E-state index contributed by atoms with van der Waals surface area (Å²) < 4.78 is 9.12. The smallest absolute Gasteiger partial charge is 0.143 e. The van der Waals surface area contributed by atoms with Crippen molar-refractivity contribution in [3.63, 3.8) is 0 Å². The van der Waals surface area contributed by atoms with Gasteiger partial charge in [-0.05, 0) is 93.5 Å². The Kier molecular flexibility index (Phi) is 7.54. The van der Waals surface area contributed by atoms with E-state index in [4.69, 9.17) is 4.42 Å². The number of fused-ring (bicyclic) bond motifs is 9. The molecule has 0 amide bonds. The van der Waals surface area contributed by atoms with Gasteiger partial charge in [0.1, 0.15) is 11.2 Å². The van der Waals surface area contributed by atoms with Gasteiger partial charge < -0.3 is 13.9 Å². The van der Waals surface area contributed by atoms with E-state index in [9.17, 15) is 0 Å². The van der Waals surface area contributed by atoms with Gasteiger partial charge in [0.15, 0.2) is 0 Å². The average molecular weight is 753 g/mol. The molecule has 0 saturated heterocycles. The lowest BCUT2D eigenvalue weighted by molar-refractivity contribution is 0.672. The predicted octanol–water partition coefficient (Wildman–Crippen LogP) is 15.8. The van der Waals surface area contributed by atoms with Crippen LogP contribution in [0.2, 0.25) is 0 Å². The van der Waals surface area contributed by atoms with Crippen LogP contribution in [0.25, 0.3) is 93.2 Å². The zero-order chi connectivity index (χ0) is 38.9. The molecule has 0 aliphatic carbocycles. The second-order valence-corrected chi connectivity index (χ2v) is 15.3. The van der Waals surface area contributed by atoms with Gasteiger partial charge in [-0.2, -0.15) is 0 Å². The highest BCUT2D eigenvalue weighted by Gasteiger charge is 2.21. The molecule has 2 aromatic heterocycles. The van der Waals surface area contributed by atoms with E-state index in [1.807, 2.05) is 0 Å². The number of furan rings is 1. The van der Waals surface area contributed by atoms with Crippen molar-refractivity contribution in [1.29, 1.82) is 0 Å². The van der Waals surface area contributed by atoms with Crippen molar-refractivity contribution in [2.45, 2.75) is 0 Å². The summed E-state index contributed by atoms with van der Waals surface area (Å²) in [5.41, 5.74) is 13.2. The molecule has 0 N–H and O–H groups in total. The zero-order valence-electron chi connectivity index (χ0n) is 32.1. The van der Waals surface area contributed by atoms with Crippen molar-refractivity contribution in [3.8, 4) is 27.9 Å². The first-order chi connectivity index (χ1) is 29.3. The highest BCUT2D eigenvalue weighted by Crippen LogP contribution is 2.45. The highest BCUT2D eigenvalue weighted by atomic mass is 16.3. The quantitative estimate of drug-likeness (QED) is 0.169. The van der Waals surface area contributed by atoms with Crippen LogP contribution in [0.4, 0.5) is 17.1 Å². The lowest BCUT2D eigenvalue weighted by Crippen LogP contribution is -2.11. The molecule has 0 fully saturated rings. The van der Waals surface area contributed by atoms with Crippen LogP contribution in [-0.4, -0.2) is 4.57 Å². The first-order valence-electron chi connectivity index (χ1n) is 20.2. The van der Waals surface area contributed by atoms with E-state index < -0.39 is 0 Å². The van der Waals surface area contributed by atoms with Crippen LogP contribution in [0.15, 0.2) is 223 Å². The number of aromatic nitrogens is 1. The Hall–Kier alpha value is -7.88. The van der Waals surface area contributed by atoms with Crippen LogP contribution in [-0.2, 0) is 0 Å². The van der Waals surface area contributed by atoms with Crippen molar-refractivity contribution in [2.75, 3.05) is 4.90 Å². The standard InChI is InChI=1S/C56H36N2O/c1-3-18-44-38(13-1)15-12-23-46(44)47-20-5-8-24-52(47)57(43-32-34-50-51-33-29-39-14-2-4-19-45(39)56(51)59-55(50)36-43)41-30-27-37(28-31-41)40-16-11-17-42(35-40)58-53-25-9-6-21-48(53)49-22-7-10-26-54(49)58/h1-36H. The van der Waals surface area contributed by atoms with Crippen molar-refractivity contribution >= 4 is 82.4 Å². The number of para-hydroxylation sites is 3. The van der Waals surface area contributed by atoms with Gasteiger partial charge in [-0.1, -0.05) is 152 Å². The Morgan fingerprint density at radius 1 is 0.356 bits per heavy atom. The van der Waals surface area contributed by atoms with Crippen LogP contribution in [0.3, 0.4) is 0 Å². The second-order valence-electron chi connectivity index (χ2n) is 15.3. The molecule has 0 atom stereocenters. The molecule has 276 valence electrons. The summed E-state index contributed by atoms with van der Waals surface area (Å²) in [6, 6.07) is 78.7. The molecule has 0 spiro atoms. The average Bonchev–Trinajstić information content (AvgIpc) is 3.85. The Balaban J connectivity index is 1.01. The first-order valence-corrected chi connectivity index (χ1v) is 20.2. The van der Waals surface area contributed by atoms with Crippen LogP contribution in [0.1, 0.15) is 0 Å². The summed E-state index contributed by atoms with van der Waals surface area (Å²) in [7, 11) is 0. The number of hydrogen-bond acceptors (Lipinski definition) is 2. The Morgan fingerprint density at radius 2 is 0.949 bits per heavy atom. The molecular formula is C56H36N2O. The Bertz CT molecular complexity index is 3510. The fraction of sp³-hybridized carbons (Fsp3) is 0. The van der Waals surface area contributed by atoms with Crippen molar-refractivity contribution in [3.05, 3.63) is 218 Å². The molecular weight excluding hydrogens is 717 g/mol. The molecule has 0 unspecified atom stereocenters. The van der Waals surface area contributed by atoms with E-state index in [0.29, 0.717) is 0 Å². The summed E-state index contributed by atoms with van der Waals surface area (Å²) in [6.45, 7) is 0. The molecule has 3 nitrogen and oxygen atoms in total. The van der Waals surface area contributed by atoms with E-state index >= 15 is 0 Å². The van der Waals surface area contributed by atoms with E-state index in [0.717, 1.165) is 66.8 Å². The summed E-state index contributed by atoms with van der Waals surface area (Å²) in [5, 5.41) is 9.49. The number of hydrogen-bond donors (Lipinski definition) is 0. The molecule has 12 aromatic rings. The fourth-order valence-electron chi connectivity index (χ4n) is 9.24. The molecule has 10 aromatic carbocycles. The zero-order valence-corrected chi connectivity index (χ0v) is 32.1. The van der Waals surface area contributed by atoms with E-state index in [-0.39, 0.29) is 0 Å². The normalized spacial score (nSPS) is 11.7. The molecule has 3 heteroatoms. The van der Waals surface area contributed by atoms with E-state index in [2.05, 4.69) is 228 Å². The lowest BCUT2D eigenvalue weighted by atomic mass is 9.96. The Labute approximate surface area is 341 Å². The van der Waals surface area contributed by atoms with Gasteiger partial charge in [0.25, 0.3) is 0 Å². The second kappa shape index (κ2) is 13.4. The van der Waals surface area contributed by atoms with Gasteiger partial charge in [0.05, 0.1) is 16.7 Å². The minimum Gasteiger partial charge on any atom is -0.455 e. The van der Waals surface area contributed by atoms with Gasteiger partial charge in [-0.25, -0.2) is 0 Å². The molecule has 0 radical (unpaired) electrons. The molecule has 2 heterocycles. The van der Waals surface area contributed by atoms with Gasteiger partial charge in [0.2, 0.25) is 0 Å². The van der Waals surface area contributed by atoms with Crippen LogP contribution >= 0.6 is 0 Å². The Morgan fingerprint density at radius 3 is 1.75 bits per heavy atom. The number of nitrogens with zero attached hydrogens (tertiary/aromatic N) is 2. The topological polar surface area (TPSA) is 21.3 Å². The van der Waals surface area contributed by atoms with Gasteiger partial charge in [0, 0.05) is 55.6 Å².